The summed E-state index contributed by atoms with van der Waals surface area (Å²) >= 11 is 0. The number of amides is 2. The number of carboxylic acid groups (broad SMARTS) is 1. The molecule has 1 aromatic carbocycles. The van der Waals surface area contributed by atoms with Crippen LogP contribution in [0.25, 0.3) is 0 Å². The quantitative estimate of drug-likeness (QED) is 0.776. The highest BCUT2D eigenvalue weighted by Crippen LogP contribution is 2.17. The van der Waals surface area contributed by atoms with E-state index in [1.165, 1.54) is 6.07 Å². The predicted molar refractivity (Wildman–Crippen MR) is 74.4 cm³/mol. The molecule has 2 amide bonds. The van der Waals surface area contributed by atoms with Crippen molar-refractivity contribution in [3.05, 3.63) is 29.6 Å². The molecule has 5 nitrogen and oxygen atoms in total. The number of anilines is 1. The second kappa shape index (κ2) is 6.88. The molecule has 0 saturated carbocycles. The Labute approximate surface area is 117 Å². The van der Waals surface area contributed by atoms with Crippen molar-refractivity contribution in [2.75, 3.05) is 5.32 Å². The lowest BCUT2D eigenvalue weighted by Crippen LogP contribution is -2.40. The van der Waals surface area contributed by atoms with Gasteiger partial charge in [-0.1, -0.05) is 20.8 Å². The molecule has 0 radical (unpaired) electrons. The Balaban J connectivity index is 2.83. The van der Waals surface area contributed by atoms with Crippen LogP contribution in [0.5, 0.6) is 0 Å². The second-order valence-electron chi connectivity index (χ2n) is 4.85. The number of carbonyl (C=O) groups is 2. The molecule has 1 atom stereocenters. The zero-order chi connectivity index (χ0) is 15.3. The molecular weight excluding hydrogens is 263 g/mol. The Morgan fingerprint density at radius 3 is 2.50 bits per heavy atom. The van der Waals surface area contributed by atoms with Gasteiger partial charge >= 0.3 is 12.0 Å². The van der Waals surface area contributed by atoms with Gasteiger partial charge in [-0.2, -0.15) is 0 Å². The van der Waals surface area contributed by atoms with E-state index in [0.29, 0.717) is 0 Å². The summed E-state index contributed by atoms with van der Waals surface area (Å²) in [6.45, 7) is 5.91. The second-order valence-corrected chi connectivity index (χ2v) is 4.85. The summed E-state index contributed by atoms with van der Waals surface area (Å²) in [4.78, 5) is 22.8. The zero-order valence-corrected chi connectivity index (χ0v) is 11.7. The van der Waals surface area contributed by atoms with E-state index in [9.17, 15) is 14.0 Å². The smallest absolute Gasteiger partial charge is 0.337 e. The first kappa shape index (κ1) is 15.9. The number of carbonyl (C=O) groups excluding carboxylic acids is 1. The van der Waals surface area contributed by atoms with Crippen LogP contribution in [0.4, 0.5) is 14.9 Å². The lowest BCUT2D eigenvalue weighted by atomic mass is 10.0. The van der Waals surface area contributed by atoms with Gasteiger partial charge in [-0.15, -0.1) is 0 Å². The highest BCUT2D eigenvalue weighted by molar-refractivity contribution is 6.00. The summed E-state index contributed by atoms with van der Waals surface area (Å²) in [6.07, 6.45) is 0.764. The van der Waals surface area contributed by atoms with Crippen LogP contribution in [0.3, 0.4) is 0 Å². The number of hydrogen-bond acceptors (Lipinski definition) is 2. The zero-order valence-electron chi connectivity index (χ0n) is 11.7. The monoisotopic (exact) mass is 282 g/mol. The maximum atomic E-state index is 13.0. The lowest BCUT2D eigenvalue weighted by Gasteiger charge is -2.21. The van der Waals surface area contributed by atoms with Crippen molar-refractivity contribution < 1.29 is 19.1 Å². The van der Waals surface area contributed by atoms with Crippen LogP contribution in [0.2, 0.25) is 0 Å². The first-order valence-electron chi connectivity index (χ1n) is 6.45. The van der Waals surface area contributed by atoms with Crippen LogP contribution in [0.1, 0.15) is 37.6 Å². The Kier molecular flexibility index (Phi) is 5.49. The van der Waals surface area contributed by atoms with Crippen molar-refractivity contribution >= 4 is 17.7 Å². The average molecular weight is 282 g/mol. The summed E-state index contributed by atoms with van der Waals surface area (Å²) in [6, 6.07) is 2.69. The molecule has 0 fully saturated rings. The van der Waals surface area contributed by atoms with Crippen molar-refractivity contribution in [1.29, 1.82) is 0 Å². The van der Waals surface area contributed by atoms with Gasteiger partial charge in [0, 0.05) is 6.04 Å². The maximum absolute atomic E-state index is 13.0. The number of halogens is 1. The standard InChI is InChI=1S/C14H19FN2O3/c1-4-11(8(2)3)16-14(20)17-12-6-5-9(15)7-10(12)13(18)19/h5-8,11H,4H2,1-3H3,(H,18,19)(H2,16,17,20). The third-order valence-corrected chi connectivity index (χ3v) is 3.02. The normalized spacial score (nSPS) is 12.1. The van der Waals surface area contributed by atoms with Gasteiger partial charge in [-0.3, -0.25) is 0 Å². The van der Waals surface area contributed by atoms with E-state index in [-0.39, 0.29) is 23.2 Å². The van der Waals surface area contributed by atoms with Crippen molar-refractivity contribution in [3.63, 3.8) is 0 Å². The first-order valence-corrected chi connectivity index (χ1v) is 6.45. The van der Waals surface area contributed by atoms with E-state index in [1.54, 1.807) is 0 Å². The number of nitrogens with one attached hydrogen (secondary N) is 2. The molecule has 6 heteroatoms. The Morgan fingerprint density at radius 1 is 1.35 bits per heavy atom. The highest BCUT2D eigenvalue weighted by atomic mass is 19.1. The molecule has 1 rings (SSSR count). The molecule has 0 spiro atoms. The number of rotatable bonds is 5. The van der Waals surface area contributed by atoms with E-state index < -0.39 is 17.8 Å². The van der Waals surface area contributed by atoms with Crippen LogP contribution in [-0.4, -0.2) is 23.1 Å². The molecule has 0 heterocycles. The van der Waals surface area contributed by atoms with E-state index in [0.717, 1.165) is 18.6 Å². The maximum Gasteiger partial charge on any atom is 0.337 e. The summed E-state index contributed by atoms with van der Waals surface area (Å²) in [7, 11) is 0. The highest BCUT2D eigenvalue weighted by Gasteiger charge is 2.17. The minimum Gasteiger partial charge on any atom is -0.478 e. The minimum absolute atomic E-state index is 0.0104. The number of carboxylic acids is 1. The van der Waals surface area contributed by atoms with Gasteiger partial charge in [0.2, 0.25) is 0 Å². The number of aromatic carboxylic acids is 1. The Bertz CT molecular complexity index is 503. The summed E-state index contributed by atoms with van der Waals surface area (Å²) in [5.41, 5.74) is -0.215. The molecule has 3 N–H and O–H groups in total. The van der Waals surface area contributed by atoms with E-state index >= 15 is 0 Å². The molecule has 1 unspecified atom stereocenters. The van der Waals surface area contributed by atoms with Gasteiger partial charge in [0.1, 0.15) is 5.82 Å². The van der Waals surface area contributed by atoms with Gasteiger partial charge in [-0.05, 0) is 30.5 Å². The fourth-order valence-electron chi connectivity index (χ4n) is 1.87. The third-order valence-electron chi connectivity index (χ3n) is 3.02. The third kappa shape index (κ3) is 4.22. The SMILES string of the molecule is CCC(NC(=O)Nc1ccc(F)cc1C(=O)O)C(C)C. The topological polar surface area (TPSA) is 78.4 Å². The summed E-state index contributed by atoms with van der Waals surface area (Å²) in [5, 5.41) is 14.2. The van der Waals surface area contributed by atoms with Crippen molar-refractivity contribution in [1.82, 2.24) is 5.32 Å². The van der Waals surface area contributed by atoms with Crippen molar-refractivity contribution in [2.45, 2.75) is 33.2 Å². The lowest BCUT2D eigenvalue weighted by molar-refractivity contribution is 0.0697. The van der Waals surface area contributed by atoms with E-state index in [4.69, 9.17) is 5.11 Å². The Hall–Kier alpha value is -2.11. The van der Waals surface area contributed by atoms with Gasteiger partial charge in [0.05, 0.1) is 11.3 Å². The van der Waals surface area contributed by atoms with Gasteiger partial charge in [0.15, 0.2) is 0 Å². The van der Waals surface area contributed by atoms with Crippen LogP contribution in [0.15, 0.2) is 18.2 Å². The van der Waals surface area contributed by atoms with Gasteiger partial charge in [0.25, 0.3) is 0 Å². The van der Waals surface area contributed by atoms with Gasteiger partial charge in [-0.25, -0.2) is 14.0 Å². The van der Waals surface area contributed by atoms with Crippen LogP contribution in [0, 0.1) is 11.7 Å². The van der Waals surface area contributed by atoms with E-state index in [2.05, 4.69) is 10.6 Å². The number of urea groups is 1. The summed E-state index contributed by atoms with van der Waals surface area (Å²) in [5.74, 6) is -1.70. The molecule has 0 aromatic heterocycles. The predicted octanol–water partition coefficient (Wildman–Crippen LogP) is 3.08. The molecule has 110 valence electrons. The fourth-order valence-corrected chi connectivity index (χ4v) is 1.87. The Morgan fingerprint density at radius 2 is 2.00 bits per heavy atom. The van der Waals surface area contributed by atoms with Crippen molar-refractivity contribution in [3.8, 4) is 0 Å². The van der Waals surface area contributed by atoms with Crippen LogP contribution >= 0.6 is 0 Å². The molecule has 0 aliphatic carbocycles. The average Bonchev–Trinajstić information content (AvgIpc) is 2.37. The number of hydrogen-bond donors (Lipinski definition) is 3. The fraction of sp³-hybridized carbons (Fsp3) is 0.429. The molecule has 0 saturated heterocycles. The van der Waals surface area contributed by atoms with Crippen LogP contribution < -0.4 is 10.6 Å². The minimum atomic E-state index is -1.30. The molecule has 0 aliphatic rings. The number of benzene rings is 1. The van der Waals surface area contributed by atoms with Gasteiger partial charge < -0.3 is 15.7 Å². The largest absolute Gasteiger partial charge is 0.478 e. The van der Waals surface area contributed by atoms with E-state index in [1.807, 2.05) is 20.8 Å². The summed E-state index contributed by atoms with van der Waals surface area (Å²) < 4.78 is 13.0. The molecular formula is C14H19FN2O3. The van der Waals surface area contributed by atoms with Crippen LogP contribution in [-0.2, 0) is 0 Å². The molecule has 0 aliphatic heterocycles. The molecule has 0 bridgehead atoms. The first-order chi connectivity index (χ1) is 9.35. The molecule has 20 heavy (non-hydrogen) atoms. The molecule has 1 aromatic rings. The van der Waals surface area contributed by atoms with Crippen molar-refractivity contribution in [2.24, 2.45) is 5.92 Å².